The molecular weight excluding hydrogens is 252 g/mol. The third-order valence-corrected chi connectivity index (χ3v) is 3.73. The fourth-order valence-electron chi connectivity index (χ4n) is 2.47. The highest BCUT2D eigenvalue weighted by Crippen LogP contribution is 2.24. The number of nitrogens with zero attached hydrogens (tertiary/aromatic N) is 1. The number of ether oxygens (including phenoxy) is 2. The molecule has 1 aliphatic heterocycles. The maximum Gasteiger partial charge on any atom is 0.121 e. The van der Waals surface area contributed by atoms with Crippen LogP contribution in [0.2, 0.25) is 0 Å². The summed E-state index contributed by atoms with van der Waals surface area (Å²) >= 11 is 0. The summed E-state index contributed by atoms with van der Waals surface area (Å²) in [7, 11) is 1.73. The maximum atomic E-state index is 5.95. The van der Waals surface area contributed by atoms with E-state index in [1.807, 2.05) is 6.07 Å². The van der Waals surface area contributed by atoms with Crippen molar-refractivity contribution in [3.8, 4) is 5.75 Å². The molecule has 0 atom stereocenters. The smallest absolute Gasteiger partial charge is 0.121 e. The number of nitrogens with two attached hydrogens (primary N) is 1. The van der Waals surface area contributed by atoms with Crippen molar-refractivity contribution in [2.24, 2.45) is 5.73 Å². The first-order valence-corrected chi connectivity index (χ1v) is 7.52. The molecule has 0 amide bonds. The summed E-state index contributed by atoms with van der Waals surface area (Å²) in [5.41, 5.74) is 7.19. The van der Waals surface area contributed by atoms with Crippen molar-refractivity contribution in [3.05, 3.63) is 24.3 Å². The van der Waals surface area contributed by atoms with E-state index in [4.69, 9.17) is 15.2 Å². The van der Waals surface area contributed by atoms with Crippen molar-refractivity contribution < 1.29 is 9.47 Å². The van der Waals surface area contributed by atoms with Crippen LogP contribution in [0, 0.1) is 0 Å². The van der Waals surface area contributed by atoms with Gasteiger partial charge in [0.2, 0.25) is 0 Å². The molecule has 2 N–H and O–H groups in total. The van der Waals surface area contributed by atoms with Crippen molar-refractivity contribution in [3.63, 3.8) is 0 Å². The van der Waals surface area contributed by atoms with Gasteiger partial charge in [-0.05, 0) is 37.8 Å². The second kappa shape index (κ2) is 8.12. The lowest BCUT2D eigenvalue weighted by Gasteiger charge is -2.32. The molecule has 0 bridgehead atoms. The average molecular weight is 278 g/mol. The van der Waals surface area contributed by atoms with Gasteiger partial charge in [0.15, 0.2) is 0 Å². The zero-order valence-electron chi connectivity index (χ0n) is 12.4. The highest BCUT2D eigenvalue weighted by molar-refractivity contribution is 5.51. The van der Waals surface area contributed by atoms with E-state index in [1.165, 1.54) is 5.69 Å². The van der Waals surface area contributed by atoms with Crippen LogP contribution in [0.5, 0.6) is 5.75 Å². The Morgan fingerprint density at radius 3 is 2.70 bits per heavy atom. The Hall–Kier alpha value is -1.26. The topological polar surface area (TPSA) is 47.7 Å². The molecule has 0 unspecified atom stereocenters. The molecule has 20 heavy (non-hydrogen) atoms. The predicted octanol–water partition coefficient (Wildman–Crippen LogP) is 2.42. The Labute approximate surface area is 121 Å². The van der Waals surface area contributed by atoms with Crippen LogP contribution in [0.15, 0.2) is 24.3 Å². The molecule has 4 heteroatoms. The van der Waals surface area contributed by atoms with Crippen LogP contribution in [0.25, 0.3) is 0 Å². The van der Waals surface area contributed by atoms with E-state index in [1.54, 1.807) is 7.11 Å². The van der Waals surface area contributed by atoms with Crippen LogP contribution in [0.3, 0.4) is 0 Å². The quantitative estimate of drug-likeness (QED) is 0.778. The van der Waals surface area contributed by atoms with Gasteiger partial charge in [0.1, 0.15) is 5.75 Å². The van der Waals surface area contributed by atoms with Crippen molar-refractivity contribution in [2.45, 2.75) is 31.7 Å². The number of hydrogen-bond donors (Lipinski definition) is 1. The maximum absolute atomic E-state index is 5.95. The summed E-state index contributed by atoms with van der Waals surface area (Å²) in [4.78, 5) is 2.39. The lowest BCUT2D eigenvalue weighted by Crippen LogP contribution is -2.39. The van der Waals surface area contributed by atoms with Crippen molar-refractivity contribution in [2.75, 3.05) is 38.3 Å². The molecular formula is C16H26N2O2. The fraction of sp³-hybridized carbons (Fsp3) is 0.625. The Morgan fingerprint density at radius 1 is 1.20 bits per heavy atom. The van der Waals surface area contributed by atoms with Crippen molar-refractivity contribution in [1.29, 1.82) is 0 Å². The molecule has 0 aliphatic carbocycles. The molecule has 1 heterocycles. The van der Waals surface area contributed by atoms with Crippen LogP contribution in [0.1, 0.15) is 25.7 Å². The van der Waals surface area contributed by atoms with Gasteiger partial charge < -0.3 is 20.1 Å². The zero-order valence-corrected chi connectivity index (χ0v) is 12.4. The van der Waals surface area contributed by atoms with Crippen LogP contribution in [0.4, 0.5) is 5.69 Å². The van der Waals surface area contributed by atoms with Gasteiger partial charge in [-0.2, -0.15) is 0 Å². The van der Waals surface area contributed by atoms with Gasteiger partial charge in [-0.1, -0.05) is 6.07 Å². The van der Waals surface area contributed by atoms with E-state index >= 15 is 0 Å². The molecule has 0 aromatic heterocycles. The summed E-state index contributed by atoms with van der Waals surface area (Å²) in [6.45, 7) is 3.63. The monoisotopic (exact) mass is 278 g/mol. The average Bonchev–Trinajstić information content (AvgIpc) is 2.48. The lowest BCUT2D eigenvalue weighted by molar-refractivity contribution is 0.184. The van der Waals surface area contributed by atoms with E-state index in [2.05, 4.69) is 23.1 Å². The molecule has 112 valence electrons. The molecule has 4 nitrogen and oxygen atoms in total. The van der Waals surface area contributed by atoms with Gasteiger partial charge in [-0.25, -0.2) is 0 Å². The standard InChI is InChI=1S/C16H26N2O2/c1-19-11-2-3-12-20-16-6-4-5-15(13-16)18-9-7-14(17)8-10-18/h4-6,13-14H,2-3,7-12,17H2,1H3. The summed E-state index contributed by atoms with van der Waals surface area (Å²) in [6.07, 6.45) is 4.21. The van der Waals surface area contributed by atoms with E-state index < -0.39 is 0 Å². The number of unbranched alkanes of at least 4 members (excludes halogenated alkanes) is 1. The summed E-state index contributed by atoms with van der Waals surface area (Å²) in [5.74, 6) is 0.954. The Balaban J connectivity index is 1.81. The van der Waals surface area contributed by atoms with Gasteiger partial charge in [-0.3, -0.25) is 0 Å². The summed E-state index contributed by atoms with van der Waals surface area (Å²) < 4.78 is 10.8. The van der Waals surface area contributed by atoms with Gasteiger partial charge >= 0.3 is 0 Å². The first-order chi connectivity index (χ1) is 9.79. The van der Waals surface area contributed by atoms with Gasteiger partial charge in [0.25, 0.3) is 0 Å². The number of methoxy groups -OCH3 is 1. The Kier molecular flexibility index (Phi) is 6.15. The van der Waals surface area contributed by atoms with Crippen LogP contribution in [-0.4, -0.2) is 39.5 Å². The molecule has 0 saturated carbocycles. The first kappa shape index (κ1) is 15.1. The van der Waals surface area contributed by atoms with E-state index in [-0.39, 0.29) is 0 Å². The minimum absolute atomic E-state index is 0.367. The molecule has 0 radical (unpaired) electrons. The first-order valence-electron chi connectivity index (χ1n) is 7.52. The third kappa shape index (κ3) is 4.69. The molecule has 1 aromatic rings. The van der Waals surface area contributed by atoms with Gasteiger partial charge in [0, 0.05) is 44.6 Å². The van der Waals surface area contributed by atoms with Crippen molar-refractivity contribution >= 4 is 5.69 Å². The molecule has 2 rings (SSSR count). The van der Waals surface area contributed by atoms with Crippen LogP contribution in [-0.2, 0) is 4.74 Å². The number of benzene rings is 1. The van der Waals surface area contributed by atoms with E-state index in [0.29, 0.717) is 6.04 Å². The van der Waals surface area contributed by atoms with Gasteiger partial charge in [0.05, 0.1) is 6.61 Å². The Morgan fingerprint density at radius 2 is 1.95 bits per heavy atom. The lowest BCUT2D eigenvalue weighted by atomic mass is 10.1. The minimum Gasteiger partial charge on any atom is -0.494 e. The summed E-state index contributed by atoms with van der Waals surface area (Å²) in [6, 6.07) is 8.73. The number of piperidine rings is 1. The molecule has 1 aliphatic rings. The van der Waals surface area contributed by atoms with E-state index in [9.17, 15) is 0 Å². The van der Waals surface area contributed by atoms with Crippen LogP contribution < -0.4 is 15.4 Å². The normalized spacial score (nSPS) is 16.4. The van der Waals surface area contributed by atoms with Gasteiger partial charge in [-0.15, -0.1) is 0 Å². The summed E-state index contributed by atoms with van der Waals surface area (Å²) in [5, 5.41) is 0. The second-order valence-electron chi connectivity index (χ2n) is 5.37. The minimum atomic E-state index is 0.367. The number of hydrogen-bond acceptors (Lipinski definition) is 4. The fourth-order valence-corrected chi connectivity index (χ4v) is 2.47. The SMILES string of the molecule is COCCCCOc1cccc(N2CCC(N)CC2)c1. The molecule has 1 fully saturated rings. The van der Waals surface area contributed by atoms with Crippen LogP contribution >= 0.6 is 0 Å². The largest absolute Gasteiger partial charge is 0.494 e. The zero-order chi connectivity index (χ0) is 14.2. The van der Waals surface area contributed by atoms with Crippen molar-refractivity contribution in [1.82, 2.24) is 0 Å². The Bertz CT molecular complexity index is 390. The predicted molar refractivity (Wildman–Crippen MR) is 82.5 cm³/mol. The third-order valence-electron chi connectivity index (χ3n) is 3.73. The molecule has 0 spiro atoms. The highest BCUT2D eigenvalue weighted by atomic mass is 16.5. The second-order valence-corrected chi connectivity index (χ2v) is 5.37. The number of rotatable bonds is 7. The molecule has 1 saturated heterocycles. The molecule has 1 aromatic carbocycles. The highest BCUT2D eigenvalue weighted by Gasteiger charge is 2.16. The number of anilines is 1. The van der Waals surface area contributed by atoms with E-state index in [0.717, 1.165) is 57.7 Å².